The predicted molar refractivity (Wildman–Crippen MR) is 95.1 cm³/mol. The van der Waals surface area contributed by atoms with E-state index in [2.05, 4.69) is 50.1 Å². The van der Waals surface area contributed by atoms with E-state index in [4.69, 9.17) is 5.73 Å². The molecule has 1 atom stereocenters. The fourth-order valence-electron chi connectivity index (χ4n) is 3.26. The molecule has 0 aliphatic carbocycles. The highest BCUT2D eigenvalue weighted by atomic mass is 15.2. The lowest BCUT2D eigenvalue weighted by Gasteiger charge is -2.30. The van der Waals surface area contributed by atoms with E-state index >= 15 is 0 Å². The van der Waals surface area contributed by atoms with E-state index in [0.29, 0.717) is 5.82 Å². The normalized spacial score (nSPS) is 17.0. The van der Waals surface area contributed by atoms with Gasteiger partial charge in [0, 0.05) is 42.6 Å². The van der Waals surface area contributed by atoms with Gasteiger partial charge in [-0.25, -0.2) is 15.0 Å². The standard InChI is InChI=1S/C18H20N6/c1-12(17-21-8-4-16(19)23-17)24-9-5-13(6-10-24)15-11-22-18-14(15)3-2-7-20-18/h2-5,7-8,11-12H,6,9-10H2,1H3,(H,20,22)(H2,19,21,23). The van der Waals surface area contributed by atoms with Crippen molar-refractivity contribution in [3.05, 3.63) is 54.3 Å². The van der Waals surface area contributed by atoms with Gasteiger partial charge in [0.25, 0.3) is 0 Å². The lowest BCUT2D eigenvalue weighted by Crippen LogP contribution is -2.32. The predicted octanol–water partition coefficient (Wildman–Crippen LogP) is 2.79. The summed E-state index contributed by atoms with van der Waals surface area (Å²) in [5.74, 6) is 1.30. The number of anilines is 1. The Balaban J connectivity index is 1.55. The number of nitrogens with zero attached hydrogens (tertiary/aromatic N) is 4. The Bertz CT molecular complexity index is 897. The van der Waals surface area contributed by atoms with E-state index in [1.165, 1.54) is 16.5 Å². The number of aromatic nitrogens is 4. The number of rotatable bonds is 3. The van der Waals surface area contributed by atoms with E-state index in [9.17, 15) is 0 Å². The summed E-state index contributed by atoms with van der Waals surface area (Å²) >= 11 is 0. The Morgan fingerprint density at radius 2 is 2.17 bits per heavy atom. The quantitative estimate of drug-likeness (QED) is 0.775. The molecule has 3 aromatic rings. The number of fused-ring (bicyclic) bond motifs is 1. The summed E-state index contributed by atoms with van der Waals surface area (Å²) in [5, 5.41) is 1.18. The number of aromatic amines is 1. The van der Waals surface area contributed by atoms with Crippen molar-refractivity contribution in [3.8, 4) is 0 Å². The third-order valence-corrected chi connectivity index (χ3v) is 4.65. The highest BCUT2D eigenvalue weighted by molar-refractivity contribution is 5.90. The van der Waals surface area contributed by atoms with E-state index in [1.807, 2.05) is 12.3 Å². The van der Waals surface area contributed by atoms with Gasteiger partial charge >= 0.3 is 0 Å². The van der Waals surface area contributed by atoms with Crippen LogP contribution in [0.2, 0.25) is 0 Å². The maximum absolute atomic E-state index is 5.77. The number of H-pyrrole nitrogens is 1. The molecule has 3 N–H and O–H groups in total. The number of hydrogen-bond acceptors (Lipinski definition) is 5. The van der Waals surface area contributed by atoms with Gasteiger partial charge in [-0.2, -0.15) is 0 Å². The first-order chi connectivity index (χ1) is 11.7. The molecule has 0 aromatic carbocycles. The minimum atomic E-state index is 0.149. The first-order valence-corrected chi connectivity index (χ1v) is 8.16. The van der Waals surface area contributed by atoms with E-state index in [1.54, 1.807) is 12.3 Å². The van der Waals surface area contributed by atoms with Crippen LogP contribution >= 0.6 is 0 Å². The molecule has 1 unspecified atom stereocenters. The van der Waals surface area contributed by atoms with Crippen LogP contribution in [-0.2, 0) is 0 Å². The molecule has 0 saturated heterocycles. The van der Waals surface area contributed by atoms with Crippen molar-refractivity contribution in [1.29, 1.82) is 0 Å². The van der Waals surface area contributed by atoms with E-state index in [0.717, 1.165) is 31.0 Å². The van der Waals surface area contributed by atoms with Crippen LogP contribution < -0.4 is 5.73 Å². The molecule has 0 bridgehead atoms. The molecule has 0 radical (unpaired) electrons. The van der Waals surface area contributed by atoms with Gasteiger partial charge in [0.05, 0.1) is 6.04 Å². The Morgan fingerprint density at radius 3 is 2.96 bits per heavy atom. The van der Waals surface area contributed by atoms with Gasteiger partial charge in [0.2, 0.25) is 0 Å². The molecule has 6 heteroatoms. The average molecular weight is 320 g/mol. The molecule has 0 amide bonds. The van der Waals surface area contributed by atoms with Crippen LogP contribution in [-0.4, -0.2) is 37.9 Å². The molecule has 3 aromatic heterocycles. The largest absolute Gasteiger partial charge is 0.384 e. The molecular formula is C18H20N6. The third-order valence-electron chi connectivity index (χ3n) is 4.65. The fourth-order valence-corrected chi connectivity index (χ4v) is 3.26. The second kappa shape index (κ2) is 6.05. The molecule has 0 spiro atoms. The first kappa shape index (κ1) is 14.8. The number of pyridine rings is 1. The summed E-state index contributed by atoms with van der Waals surface area (Å²) in [4.78, 5) is 18.7. The van der Waals surface area contributed by atoms with Crippen LogP contribution in [0, 0.1) is 0 Å². The Hall–Kier alpha value is -2.73. The molecule has 6 nitrogen and oxygen atoms in total. The minimum Gasteiger partial charge on any atom is -0.384 e. The highest BCUT2D eigenvalue weighted by Gasteiger charge is 2.22. The number of nitrogens with two attached hydrogens (primary N) is 1. The molecule has 1 aliphatic rings. The van der Waals surface area contributed by atoms with Gasteiger partial charge < -0.3 is 10.7 Å². The Labute approximate surface area is 140 Å². The van der Waals surface area contributed by atoms with Gasteiger partial charge in [-0.05, 0) is 37.1 Å². The molecule has 4 heterocycles. The maximum Gasteiger partial charge on any atom is 0.147 e. The summed E-state index contributed by atoms with van der Waals surface area (Å²) in [6.45, 7) is 3.98. The smallest absolute Gasteiger partial charge is 0.147 e. The SMILES string of the molecule is CC(c1nccc(N)n1)N1CC=C(c2c[nH]c3ncccc23)CC1. The molecule has 0 saturated carbocycles. The minimum absolute atomic E-state index is 0.149. The number of nitrogens with one attached hydrogen (secondary N) is 1. The van der Waals surface area contributed by atoms with E-state index < -0.39 is 0 Å². The van der Waals surface area contributed by atoms with Crippen LogP contribution in [0.15, 0.2) is 42.9 Å². The van der Waals surface area contributed by atoms with Crippen molar-refractivity contribution < 1.29 is 0 Å². The molecule has 122 valence electrons. The van der Waals surface area contributed by atoms with Gasteiger partial charge in [-0.3, -0.25) is 4.90 Å². The maximum atomic E-state index is 5.77. The molecule has 4 rings (SSSR count). The summed E-state index contributed by atoms with van der Waals surface area (Å²) in [7, 11) is 0. The van der Waals surface area contributed by atoms with Gasteiger partial charge in [0.15, 0.2) is 0 Å². The van der Waals surface area contributed by atoms with Crippen LogP contribution in [0.25, 0.3) is 16.6 Å². The summed E-state index contributed by atoms with van der Waals surface area (Å²) in [6.07, 6.45) is 8.88. The fraction of sp³-hybridized carbons (Fsp3) is 0.278. The van der Waals surface area contributed by atoms with Gasteiger partial charge in [-0.1, -0.05) is 6.08 Å². The van der Waals surface area contributed by atoms with Crippen molar-refractivity contribution in [2.24, 2.45) is 0 Å². The summed E-state index contributed by atoms with van der Waals surface area (Å²) < 4.78 is 0. The van der Waals surface area contributed by atoms with Gasteiger partial charge in [0.1, 0.15) is 17.3 Å². The highest BCUT2D eigenvalue weighted by Crippen LogP contribution is 2.30. The second-order valence-electron chi connectivity index (χ2n) is 6.09. The summed E-state index contributed by atoms with van der Waals surface area (Å²) in [6, 6.07) is 5.96. The molecule has 1 aliphatic heterocycles. The van der Waals surface area contributed by atoms with Crippen LogP contribution in [0.3, 0.4) is 0 Å². The second-order valence-corrected chi connectivity index (χ2v) is 6.09. The van der Waals surface area contributed by atoms with Crippen LogP contribution in [0.5, 0.6) is 0 Å². The molecule has 0 fully saturated rings. The third kappa shape index (κ3) is 2.65. The monoisotopic (exact) mass is 320 g/mol. The van der Waals surface area contributed by atoms with Crippen LogP contribution in [0.4, 0.5) is 5.82 Å². The lowest BCUT2D eigenvalue weighted by molar-refractivity contribution is 0.225. The Morgan fingerprint density at radius 1 is 1.25 bits per heavy atom. The zero-order valence-corrected chi connectivity index (χ0v) is 13.6. The van der Waals surface area contributed by atoms with Crippen molar-refractivity contribution >= 4 is 22.4 Å². The first-order valence-electron chi connectivity index (χ1n) is 8.16. The molecular weight excluding hydrogens is 300 g/mol. The zero-order chi connectivity index (χ0) is 16.5. The van der Waals surface area contributed by atoms with Crippen molar-refractivity contribution in [2.45, 2.75) is 19.4 Å². The molecule has 24 heavy (non-hydrogen) atoms. The lowest BCUT2D eigenvalue weighted by atomic mass is 9.99. The average Bonchev–Trinajstić information content (AvgIpc) is 3.05. The summed E-state index contributed by atoms with van der Waals surface area (Å²) in [5.41, 5.74) is 9.34. The topological polar surface area (TPSA) is 83.7 Å². The number of hydrogen-bond donors (Lipinski definition) is 2. The van der Waals surface area contributed by atoms with E-state index in [-0.39, 0.29) is 6.04 Å². The Kier molecular flexibility index (Phi) is 3.74. The van der Waals surface area contributed by atoms with Crippen molar-refractivity contribution in [2.75, 3.05) is 18.8 Å². The van der Waals surface area contributed by atoms with Crippen molar-refractivity contribution in [3.63, 3.8) is 0 Å². The van der Waals surface area contributed by atoms with Crippen molar-refractivity contribution in [1.82, 2.24) is 24.8 Å². The number of nitrogen functional groups attached to an aromatic ring is 1. The van der Waals surface area contributed by atoms with Gasteiger partial charge in [-0.15, -0.1) is 0 Å². The van der Waals surface area contributed by atoms with Crippen LogP contribution in [0.1, 0.15) is 30.8 Å². The zero-order valence-electron chi connectivity index (χ0n) is 13.6.